The molecule has 0 radical (unpaired) electrons. The maximum absolute atomic E-state index is 10.6. The molecular weight excluding hydrogens is 156 g/mol. The van der Waals surface area contributed by atoms with E-state index >= 15 is 0 Å². The molecule has 0 aromatic carbocycles. The number of amides is 1. The quantitative estimate of drug-likeness (QED) is 0.647. The summed E-state index contributed by atoms with van der Waals surface area (Å²) < 4.78 is 0. The molecule has 1 heterocycles. The van der Waals surface area contributed by atoms with Gasteiger partial charge in [0.15, 0.2) is 0 Å². The molecule has 0 saturated carbocycles. The highest BCUT2D eigenvalue weighted by molar-refractivity contribution is 5.76. The van der Waals surface area contributed by atoms with Crippen LogP contribution in [0.4, 0.5) is 0 Å². The van der Waals surface area contributed by atoms with Gasteiger partial charge in [0.25, 0.3) is 0 Å². The van der Waals surface area contributed by atoms with Crippen molar-refractivity contribution in [3.05, 3.63) is 30.1 Å². The van der Waals surface area contributed by atoms with Gasteiger partial charge in [-0.05, 0) is 17.7 Å². The topological polar surface area (TPSA) is 62.2 Å². The zero-order valence-electron chi connectivity index (χ0n) is 6.53. The van der Waals surface area contributed by atoms with Gasteiger partial charge in [-0.1, -0.05) is 0 Å². The molecule has 4 heteroatoms. The highest BCUT2D eigenvalue weighted by Crippen LogP contribution is 1.93. The van der Waals surface area contributed by atoms with E-state index in [2.05, 4.69) is 10.3 Å². The van der Waals surface area contributed by atoms with E-state index < -0.39 is 6.61 Å². The number of hydrogen-bond donors (Lipinski definition) is 2. The highest BCUT2D eigenvalue weighted by Gasteiger charge is 1.96. The van der Waals surface area contributed by atoms with Crippen molar-refractivity contribution in [2.45, 2.75) is 6.54 Å². The average Bonchev–Trinajstić information content (AvgIpc) is 2.16. The van der Waals surface area contributed by atoms with Crippen LogP contribution in [0.1, 0.15) is 5.56 Å². The summed E-state index contributed by atoms with van der Waals surface area (Å²) in [7, 11) is 0. The van der Waals surface area contributed by atoms with Crippen LogP contribution in [0.2, 0.25) is 0 Å². The van der Waals surface area contributed by atoms with Gasteiger partial charge in [-0.3, -0.25) is 9.78 Å². The minimum atomic E-state index is -0.467. The Balaban J connectivity index is 2.38. The van der Waals surface area contributed by atoms with Crippen LogP contribution in [0.5, 0.6) is 0 Å². The van der Waals surface area contributed by atoms with Crippen LogP contribution in [-0.2, 0) is 11.3 Å². The highest BCUT2D eigenvalue weighted by atomic mass is 16.3. The van der Waals surface area contributed by atoms with Crippen molar-refractivity contribution in [1.29, 1.82) is 0 Å². The normalized spacial score (nSPS) is 9.42. The summed E-state index contributed by atoms with van der Waals surface area (Å²) in [5.41, 5.74) is 0.965. The molecule has 1 aromatic heterocycles. The first-order chi connectivity index (χ1) is 5.83. The molecule has 0 aliphatic carbocycles. The molecule has 0 aliphatic rings. The van der Waals surface area contributed by atoms with Gasteiger partial charge >= 0.3 is 0 Å². The summed E-state index contributed by atoms with van der Waals surface area (Å²) in [4.78, 5) is 14.4. The van der Waals surface area contributed by atoms with Crippen LogP contribution in [0.3, 0.4) is 0 Å². The Morgan fingerprint density at radius 1 is 1.50 bits per heavy atom. The number of pyridine rings is 1. The smallest absolute Gasteiger partial charge is 0.245 e. The third-order valence-electron chi connectivity index (χ3n) is 1.38. The van der Waals surface area contributed by atoms with Crippen LogP contribution in [-0.4, -0.2) is 22.6 Å². The lowest BCUT2D eigenvalue weighted by Crippen LogP contribution is -2.25. The van der Waals surface area contributed by atoms with Gasteiger partial charge in [-0.25, -0.2) is 0 Å². The Morgan fingerprint density at radius 3 is 2.75 bits per heavy atom. The van der Waals surface area contributed by atoms with E-state index in [-0.39, 0.29) is 5.91 Å². The van der Waals surface area contributed by atoms with Crippen LogP contribution in [0, 0.1) is 0 Å². The Kier molecular flexibility index (Phi) is 3.22. The fraction of sp³-hybridized carbons (Fsp3) is 0.250. The molecule has 12 heavy (non-hydrogen) atoms. The Hall–Kier alpha value is -1.42. The van der Waals surface area contributed by atoms with Gasteiger partial charge in [0, 0.05) is 18.9 Å². The lowest BCUT2D eigenvalue weighted by molar-refractivity contribution is -0.123. The number of nitrogens with zero attached hydrogens (tertiary/aromatic N) is 1. The average molecular weight is 166 g/mol. The van der Waals surface area contributed by atoms with Crippen LogP contribution in [0.25, 0.3) is 0 Å². The van der Waals surface area contributed by atoms with E-state index in [1.54, 1.807) is 24.5 Å². The number of rotatable bonds is 3. The van der Waals surface area contributed by atoms with Gasteiger partial charge in [-0.2, -0.15) is 0 Å². The van der Waals surface area contributed by atoms with Crippen LogP contribution >= 0.6 is 0 Å². The predicted molar refractivity (Wildman–Crippen MR) is 43.2 cm³/mol. The van der Waals surface area contributed by atoms with Crippen molar-refractivity contribution in [1.82, 2.24) is 10.3 Å². The zero-order chi connectivity index (χ0) is 8.81. The first-order valence-corrected chi connectivity index (χ1v) is 3.59. The fourth-order valence-electron chi connectivity index (χ4n) is 0.757. The van der Waals surface area contributed by atoms with E-state index in [1.807, 2.05) is 0 Å². The van der Waals surface area contributed by atoms with Gasteiger partial charge in [-0.15, -0.1) is 0 Å². The van der Waals surface area contributed by atoms with Gasteiger partial charge < -0.3 is 10.4 Å². The number of aromatic nitrogens is 1. The van der Waals surface area contributed by atoms with E-state index in [1.165, 1.54) is 0 Å². The second-order valence-corrected chi connectivity index (χ2v) is 2.29. The number of hydrogen-bond acceptors (Lipinski definition) is 3. The standard InChI is InChI=1S/C8H10N2O2/c11-6-8(12)10-5-7-1-3-9-4-2-7/h1-4,11H,5-6H2,(H,10,12). The van der Waals surface area contributed by atoms with E-state index in [4.69, 9.17) is 5.11 Å². The molecule has 0 spiro atoms. The Bertz CT molecular complexity index is 248. The van der Waals surface area contributed by atoms with Crippen LogP contribution in [0.15, 0.2) is 24.5 Å². The molecule has 0 aliphatic heterocycles. The summed E-state index contributed by atoms with van der Waals surface area (Å²) in [5, 5.41) is 10.9. The predicted octanol–water partition coefficient (Wildman–Crippen LogP) is -0.310. The minimum Gasteiger partial charge on any atom is -0.387 e. The van der Waals surface area contributed by atoms with Gasteiger partial charge in [0.1, 0.15) is 6.61 Å². The largest absolute Gasteiger partial charge is 0.387 e. The third-order valence-corrected chi connectivity index (χ3v) is 1.38. The number of carbonyl (C=O) groups excluding carboxylic acids is 1. The number of nitrogens with one attached hydrogen (secondary N) is 1. The molecule has 0 saturated heterocycles. The summed E-state index contributed by atoms with van der Waals surface area (Å²) in [6, 6.07) is 3.61. The summed E-state index contributed by atoms with van der Waals surface area (Å²) >= 11 is 0. The maximum Gasteiger partial charge on any atom is 0.245 e. The lowest BCUT2D eigenvalue weighted by Gasteiger charge is -2.01. The molecule has 2 N–H and O–H groups in total. The molecule has 64 valence electrons. The Labute approximate surface area is 70.3 Å². The molecule has 0 atom stereocenters. The minimum absolute atomic E-state index is 0.369. The van der Waals surface area contributed by atoms with Crippen molar-refractivity contribution in [3.8, 4) is 0 Å². The monoisotopic (exact) mass is 166 g/mol. The van der Waals surface area contributed by atoms with Crippen molar-refractivity contribution in [2.75, 3.05) is 6.61 Å². The molecule has 1 amide bonds. The van der Waals surface area contributed by atoms with E-state index in [0.717, 1.165) is 5.56 Å². The fourth-order valence-corrected chi connectivity index (χ4v) is 0.757. The zero-order valence-corrected chi connectivity index (χ0v) is 6.53. The first-order valence-electron chi connectivity index (χ1n) is 3.59. The van der Waals surface area contributed by atoms with Crippen molar-refractivity contribution < 1.29 is 9.90 Å². The summed E-state index contributed by atoms with van der Waals surface area (Å²) in [6.45, 7) is -0.0347. The molecular formula is C8H10N2O2. The molecule has 1 aromatic rings. The summed E-state index contributed by atoms with van der Waals surface area (Å²) in [6.07, 6.45) is 3.31. The third kappa shape index (κ3) is 2.67. The van der Waals surface area contributed by atoms with Crippen molar-refractivity contribution in [3.63, 3.8) is 0 Å². The first kappa shape index (κ1) is 8.67. The second-order valence-electron chi connectivity index (χ2n) is 2.29. The SMILES string of the molecule is O=C(CO)NCc1ccncc1. The maximum atomic E-state index is 10.6. The Morgan fingerprint density at radius 2 is 2.17 bits per heavy atom. The van der Waals surface area contributed by atoms with Crippen LogP contribution < -0.4 is 5.32 Å². The van der Waals surface area contributed by atoms with Crippen molar-refractivity contribution >= 4 is 5.91 Å². The molecule has 4 nitrogen and oxygen atoms in total. The van der Waals surface area contributed by atoms with E-state index in [9.17, 15) is 4.79 Å². The molecule has 1 rings (SSSR count). The van der Waals surface area contributed by atoms with Gasteiger partial charge in [0.2, 0.25) is 5.91 Å². The molecule has 0 fully saturated rings. The molecule has 0 bridgehead atoms. The van der Waals surface area contributed by atoms with Crippen molar-refractivity contribution in [2.24, 2.45) is 0 Å². The van der Waals surface area contributed by atoms with Gasteiger partial charge in [0.05, 0.1) is 0 Å². The lowest BCUT2D eigenvalue weighted by atomic mass is 10.3. The van der Waals surface area contributed by atoms with E-state index in [0.29, 0.717) is 6.54 Å². The number of aliphatic hydroxyl groups is 1. The number of aliphatic hydroxyl groups excluding tert-OH is 1. The number of carbonyl (C=O) groups is 1. The molecule has 0 unspecified atom stereocenters. The summed E-state index contributed by atoms with van der Waals surface area (Å²) in [5.74, 6) is -0.369. The second kappa shape index (κ2) is 4.46.